The van der Waals surface area contributed by atoms with Crippen molar-refractivity contribution in [2.45, 2.75) is 44.9 Å². The number of aryl methyl sites for hydroxylation is 1. The van der Waals surface area contributed by atoms with Crippen molar-refractivity contribution in [2.24, 2.45) is 5.73 Å². The maximum atomic E-state index is 12.4. The number of Topliss-reactive ketones (excluding diaryl/α,β-unsaturated/α-hetero) is 1. The van der Waals surface area contributed by atoms with Gasteiger partial charge in [-0.2, -0.15) is 5.10 Å². The Balaban J connectivity index is 1.80. The number of ether oxygens (including phenoxy) is 1. The number of rotatable bonds is 5. The first-order valence-corrected chi connectivity index (χ1v) is 7.55. The molecule has 1 fully saturated rings. The topological polar surface area (TPSA) is 70.1 Å². The second-order valence-corrected chi connectivity index (χ2v) is 5.48. The third-order valence-electron chi connectivity index (χ3n) is 4.11. The van der Waals surface area contributed by atoms with Crippen molar-refractivity contribution in [2.75, 3.05) is 6.54 Å². The molecule has 2 heterocycles. The van der Waals surface area contributed by atoms with Gasteiger partial charge in [0, 0.05) is 18.5 Å². The number of carbonyl (C=O) groups excluding carboxylic acids is 1. The third-order valence-corrected chi connectivity index (χ3v) is 4.11. The zero-order valence-electron chi connectivity index (χ0n) is 12.3. The average Bonchev–Trinajstić information content (AvgIpc) is 3.12. The molecule has 0 bridgehead atoms. The van der Waals surface area contributed by atoms with E-state index >= 15 is 0 Å². The van der Waals surface area contributed by atoms with Gasteiger partial charge in [0.25, 0.3) is 0 Å². The Morgan fingerprint density at radius 1 is 1.43 bits per heavy atom. The van der Waals surface area contributed by atoms with Crippen molar-refractivity contribution in [1.82, 2.24) is 9.78 Å². The van der Waals surface area contributed by atoms with Gasteiger partial charge in [-0.3, -0.25) is 9.48 Å². The van der Waals surface area contributed by atoms with Gasteiger partial charge in [0.1, 0.15) is 6.10 Å². The number of nitrogens with zero attached hydrogens (tertiary/aromatic N) is 2. The van der Waals surface area contributed by atoms with Crippen LogP contribution in [0.25, 0.3) is 10.9 Å². The second kappa shape index (κ2) is 5.95. The number of para-hydroxylation sites is 1. The van der Waals surface area contributed by atoms with Gasteiger partial charge in [-0.15, -0.1) is 0 Å². The molecular formula is C16H21N3O2. The summed E-state index contributed by atoms with van der Waals surface area (Å²) in [6.45, 7) is 3.33. The number of fused-ring (bicyclic) bond motifs is 1. The zero-order chi connectivity index (χ0) is 14.8. The number of hydrogen-bond acceptors (Lipinski definition) is 4. The van der Waals surface area contributed by atoms with E-state index in [9.17, 15) is 4.79 Å². The summed E-state index contributed by atoms with van der Waals surface area (Å²) in [4.78, 5) is 12.4. The summed E-state index contributed by atoms with van der Waals surface area (Å²) in [6, 6.07) is 8.04. The zero-order valence-corrected chi connectivity index (χ0v) is 12.3. The summed E-state index contributed by atoms with van der Waals surface area (Å²) < 4.78 is 7.62. The summed E-state index contributed by atoms with van der Waals surface area (Å²) in [6.07, 6.45) is 1.69. The lowest BCUT2D eigenvalue weighted by Gasteiger charge is -2.10. The first-order valence-electron chi connectivity index (χ1n) is 7.55. The number of ketones is 1. The fourth-order valence-electron chi connectivity index (χ4n) is 2.96. The molecule has 0 saturated carbocycles. The lowest BCUT2D eigenvalue weighted by atomic mass is 10.0. The van der Waals surface area contributed by atoms with Gasteiger partial charge in [-0.1, -0.05) is 18.2 Å². The Labute approximate surface area is 124 Å². The molecule has 3 rings (SSSR count). The van der Waals surface area contributed by atoms with E-state index in [4.69, 9.17) is 10.5 Å². The minimum absolute atomic E-state index is 0.0314. The van der Waals surface area contributed by atoms with E-state index in [2.05, 4.69) is 12.0 Å². The van der Waals surface area contributed by atoms with Gasteiger partial charge in [-0.25, -0.2) is 0 Å². The van der Waals surface area contributed by atoms with Crippen molar-refractivity contribution in [3.63, 3.8) is 0 Å². The highest BCUT2D eigenvalue weighted by molar-refractivity contribution is 5.90. The number of nitrogens with two attached hydrogens (primary N) is 1. The Kier molecular flexibility index (Phi) is 4.03. The summed E-state index contributed by atoms with van der Waals surface area (Å²) in [5.74, 6) is 0.109. The minimum Gasteiger partial charge on any atom is -0.366 e. The number of aromatic nitrogens is 2. The molecule has 2 aromatic rings. The van der Waals surface area contributed by atoms with Crippen molar-refractivity contribution in [3.05, 3.63) is 30.0 Å². The van der Waals surface area contributed by atoms with Crippen LogP contribution >= 0.6 is 0 Å². The van der Waals surface area contributed by atoms with E-state index in [1.54, 1.807) is 0 Å². The van der Waals surface area contributed by atoms with Gasteiger partial charge in [0.15, 0.2) is 5.78 Å². The highest BCUT2D eigenvalue weighted by atomic mass is 16.5. The largest absolute Gasteiger partial charge is 0.366 e. The summed E-state index contributed by atoms with van der Waals surface area (Å²) in [7, 11) is 0. The Hall–Kier alpha value is -1.72. The molecule has 1 aromatic heterocycles. The molecular weight excluding hydrogens is 266 g/mol. The highest BCUT2D eigenvalue weighted by Crippen LogP contribution is 2.23. The van der Waals surface area contributed by atoms with Crippen LogP contribution in [0.3, 0.4) is 0 Å². The Morgan fingerprint density at radius 2 is 2.24 bits per heavy atom. The van der Waals surface area contributed by atoms with Crippen LogP contribution in [-0.2, 0) is 22.5 Å². The molecule has 1 aliphatic heterocycles. The normalized spacial score (nSPS) is 22.0. The fraction of sp³-hybridized carbons (Fsp3) is 0.500. The van der Waals surface area contributed by atoms with Crippen LogP contribution < -0.4 is 5.73 Å². The first kappa shape index (κ1) is 14.2. The van der Waals surface area contributed by atoms with Crippen molar-refractivity contribution < 1.29 is 9.53 Å². The van der Waals surface area contributed by atoms with Gasteiger partial charge in [-0.05, 0) is 25.8 Å². The van der Waals surface area contributed by atoms with E-state index < -0.39 is 0 Å². The molecule has 1 aromatic carbocycles. The molecule has 21 heavy (non-hydrogen) atoms. The predicted molar refractivity (Wildman–Crippen MR) is 81.1 cm³/mol. The van der Waals surface area contributed by atoms with Crippen molar-refractivity contribution in [3.8, 4) is 0 Å². The second-order valence-electron chi connectivity index (χ2n) is 5.48. The monoisotopic (exact) mass is 287 g/mol. The molecule has 0 aliphatic carbocycles. The summed E-state index contributed by atoms with van der Waals surface area (Å²) in [5.41, 5.74) is 7.52. The molecule has 5 nitrogen and oxygen atoms in total. The maximum Gasteiger partial charge on any atom is 0.167 e. The molecule has 2 unspecified atom stereocenters. The van der Waals surface area contributed by atoms with Gasteiger partial charge in [0.2, 0.25) is 0 Å². The molecule has 0 amide bonds. The number of benzene rings is 1. The average molecular weight is 287 g/mol. The van der Waals surface area contributed by atoms with E-state index in [0.717, 1.165) is 36.0 Å². The lowest BCUT2D eigenvalue weighted by molar-refractivity contribution is -0.128. The standard InChI is InChI=1S/C16H21N3O2/c1-2-19-14-6-4-3-5-12(14)13(18-19)9-15(20)16-8-7-11(10-17)21-16/h3-6,11,16H,2,7-10,17H2,1H3. The summed E-state index contributed by atoms with van der Waals surface area (Å²) in [5, 5.41) is 5.63. The van der Waals surface area contributed by atoms with E-state index in [0.29, 0.717) is 13.0 Å². The number of carbonyl (C=O) groups is 1. The van der Waals surface area contributed by atoms with Crippen molar-refractivity contribution in [1.29, 1.82) is 0 Å². The molecule has 2 N–H and O–H groups in total. The van der Waals surface area contributed by atoms with Crippen LogP contribution in [0.4, 0.5) is 0 Å². The number of hydrogen-bond donors (Lipinski definition) is 1. The smallest absolute Gasteiger partial charge is 0.167 e. The third kappa shape index (κ3) is 2.71. The van der Waals surface area contributed by atoms with E-state index in [1.807, 2.05) is 28.9 Å². The lowest BCUT2D eigenvalue weighted by Crippen LogP contribution is -2.26. The molecule has 1 aliphatic rings. The van der Waals surface area contributed by atoms with Crippen LogP contribution in [0, 0.1) is 0 Å². The van der Waals surface area contributed by atoms with E-state index in [-0.39, 0.29) is 18.0 Å². The molecule has 5 heteroatoms. The van der Waals surface area contributed by atoms with Crippen LogP contribution in [-0.4, -0.2) is 34.3 Å². The highest BCUT2D eigenvalue weighted by Gasteiger charge is 2.30. The van der Waals surface area contributed by atoms with E-state index in [1.165, 1.54) is 0 Å². The van der Waals surface area contributed by atoms with Gasteiger partial charge >= 0.3 is 0 Å². The van der Waals surface area contributed by atoms with Crippen LogP contribution in [0.15, 0.2) is 24.3 Å². The van der Waals surface area contributed by atoms with Crippen LogP contribution in [0.1, 0.15) is 25.5 Å². The SMILES string of the molecule is CCn1nc(CC(=O)C2CCC(CN)O2)c2ccccc21. The molecule has 2 atom stereocenters. The molecule has 112 valence electrons. The van der Waals surface area contributed by atoms with Crippen LogP contribution in [0.2, 0.25) is 0 Å². The minimum atomic E-state index is -0.316. The quantitative estimate of drug-likeness (QED) is 0.908. The molecule has 0 spiro atoms. The van der Waals surface area contributed by atoms with Crippen molar-refractivity contribution >= 4 is 16.7 Å². The van der Waals surface area contributed by atoms with Gasteiger partial charge < -0.3 is 10.5 Å². The summed E-state index contributed by atoms with van der Waals surface area (Å²) >= 11 is 0. The predicted octanol–water partition coefficient (Wildman–Crippen LogP) is 1.67. The Bertz CT molecular complexity index is 650. The molecule has 1 saturated heterocycles. The van der Waals surface area contributed by atoms with Gasteiger partial charge in [0.05, 0.1) is 23.7 Å². The van der Waals surface area contributed by atoms with Crippen LogP contribution in [0.5, 0.6) is 0 Å². The molecule has 0 radical (unpaired) electrons. The first-order chi connectivity index (χ1) is 10.2. The fourth-order valence-corrected chi connectivity index (χ4v) is 2.96. The maximum absolute atomic E-state index is 12.4. The Morgan fingerprint density at radius 3 is 2.95 bits per heavy atom.